The SMILES string of the molecule is C.C.C.CSc1nccc(C(O)(c2ccnc(SC)n2)c2cccnc2Cl)n1.CSc1nccc(I)n1.O=C(Cl)c1cccnc1Cl. The van der Waals surface area contributed by atoms with E-state index in [1.807, 2.05) is 24.8 Å². The van der Waals surface area contributed by atoms with Crippen LogP contribution in [0.25, 0.3) is 0 Å². The van der Waals surface area contributed by atoms with E-state index in [2.05, 4.69) is 62.5 Å². The fourth-order valence-electron chi connectivity index (χ4n) is 3.30. The van der Waals surface area contributed by atoms with E-state index in [0.29, 0.717) is 27.3 Å². The first kappa shape index (κ1) is 44.8. The summed E-state index contributed by atoms with van der Waals surface area (Å²) in [5.74, 6) is 0. The average molecular weight is 868 g/mol. The Labute approximate surface area is 317 Å². The largest absolute Gasteiger partial charge is 0.373 e. The highest BCUT2D eigenvalue weighted by molar-refractivity contribution is 14.1. The highest BCUT2D eigenvalue weighted by Crippen LogP contribution is 2.38. The minimum atomic E-state index is -1.67. The first-order chi connectivity index (χ1) is 21.1. The molecule has 0 amide bonds. The molecule has 0 fully saturated rings. The van der Waals surface area contributed by atoms with Crippen molar-refractivity contribution < 1.29 is 9.90 Å². The number of thioether (sulfide) groups is 3. The zero-order chi connectivity index (χ0) is 32.1. The van der Waals surface area contributed by atoms with Crippen LogP contribution in [-0.2, 0) is 5.60 Å². The molecule has 0 aliphatic rings. The number of nitrogens with zero attached hydrogens (tertiary/aromatic N) is 8. The number of hydrogen-bond acceptors (Lipinski definition) is 13. The van der Waals surface area contributed by atoms with Gasteiger partial charge in [0, 0.05) is 36.5 Å². The molecule has 5 heterocycles. The van der Waals surface area contributed by atoms with Crippen molar-refractivity contribution in [2.24, 2.45) is 0 Å². The van der Waals surface area contributed by atoms with Gasteiger partial charge in [0.05, 0.1) is 17.0 Å². The molecular weight excluding hydrogens is 834 g/mol. The van der Waals surface area contributed by atoms with Crippen LogP contribution in [0.3, 0.4) is 0 Å². The second-order valence-corrected chi connectivity index (χ2v) is 12.4. The Bertz CT molecular complexity index is 1660. The average Bonchev–Trinajstić information content (AvgIpc) is 3.05. The minimum Gasteiger partial charge on any atom is -0.373 e. The third-order valence-corrected chi connectivity index (χ3v) is 8.37. The van der Waals surface area contributed by atoms with Crippen molar-refractivity contribution in [1.82, 2.24) is 39.9 Å². The zero-order valence-corrected chi connectivity index (χ0v) is 30.0. The zero-order valence-electron chi connectivity index (χ0n) is 23.1. The normalized spacial score (nSPS) is 9.96. The molecule has 0 unspecified atom stereocenters. The van der Waals surface area contributed by atoms with Gasteiger partial charge in [-0.25, -0.2) is 39.9 Å². The van der Waals surface area contributed by atoms with Crippen LogP contribution in [0.5, 0.6) is 0 Å². The predicted octanol–water partition coefficient (Wildman–Crippen LogP) is 8.87. The van der Waals surface area contributed by atoms with E-state index in [-0.39, 0.29) is 38.1 Å². The van der Waals surface area contributed by atoms with Gasteiger partial charge < -0.3 is 5.11 Å². The van der Waals surface area contributed by atoms with Crippen molar-refractivity contribution in [1.29, 1.82) is 0 Å². The molecule has 0 aliphatic carbocycles. The van der Waals surface area contributed by atoms with Crippen molar-refractivity contribution >= 4 is 97.9 Å². The number of hydrogen-bond donors (Lipinski definition) is 1. The standard InChI is InChI=1S/C16H14ClN5OS2.C6H3Cl2NO.C5H5IN2S.3CH4/c1-24-14-19-8-5-11(21-14)16(23,10-4-3-7-18-13(10)17)12-6-9-20-15(22-12)25-2;7-5-4(6(8)10)2-1-3-9-5;1-9-5-7-3-2-4(6)8-5;;;/h3-9,23H,1-2H3;1-3H;2-3H,1H3;3*1H4. The van der Waals surface area contributed by atoms with Gasteiger partial charge in [-0.15, -0.1) is 0 Å². The number of carbonyl (C=O) groups excluding carboxylic acids is 1. The third-order valence-electron chi connectivity index (χ3n) is 5.28. The molecule has 0 spiro atoms. The van der Waals surface area contributed by atoms with Gasteiger partial charge in [-0.1, -0.05) is 86.8 Å². The summed E-state index contributed by atoms with van der Waals surface area (Å²) in [4.78, 5) is 43.7. The molecule has 1 N–H and O–H groups in total. The molecule has 10 nitrogen and oxygen atoms in total. The Hall–Kier alpha value is -2.18. The van der Waals surface area contributed by atoms with E-state index < -0.39 is 10.8 Å². The van der Waals surface area contributed by atoms with Gasteiger partial charge in [-0.2, -0.15) is 0 Å². The summed E-state index contributed by atoms with van der Waals surface area (Å²) in [5, 5.41) is 13.4. The molecule has 0 saturated carbocycles. The second kappa shape index (κ2) is 22.5. The third kappa shape index (κ3) is 12.7. The van der Waals surface area contributed by atoms with E-state index in [0.717, 1.165) is 8.86 Å². The first-order valence-electron chi connectivity index (χ1n) is 12.0. The van der Waals surface area contributed by atoms with Crippen molar-refractivity contribution in [3.05, 3.63) is 110 Å². The van der Waals surface area contributed by atoms with Gasteiger partial charge in [0.2, 0.25) is 0 Å². The molecule has 252 valence electrons. The highest BCUT2D eigenvalue weighted by Gasteiger charge is 2.39. The van der Waals surface area contributed by atoms with E-state index in [1.54, 1.807) is 66.9 Å². The Balaban J connectivity index is 0.000000798. The molecule has 0 bridgehead atoms. The lowest BCUT2D eigenvalue weighted by atomic mass is 9.87. The van der Waals surface area contributed by atoms with Crippen molar-refractivity contribution in [2.45, 2.75) is 43.4 Å². The van der Waals surface area contributed by atoms with Crippen LogP contribution < -0.4 is 0 Å². The molecule has 47 heavy (non-hydrogen) atoms. The van der Waals surface area contributed by atoms with Gasteiger partial charge >= 0.3 is 0 Å². The van der Waals surface area contributed by atoms with Crippen molar-refractivity contribution in [3.63, 3.8) is 0 Å². The second-order valence-electron chi connectivity index (χ2n) is 7.89. The Kier molecular flexibility index (Phi) is 21.4. The Morgan fingerprint density at radius 1 is 0.681 bits per heavy atom. The summed E-state index contributed by atoms with van der Waals surface area (Å²) in [7, 11) is 0. The van der Waals surface area contributed by atoms with Gasteiger partial charge in [0.25, 0.3) is 5.24 Å². The number of carbonyl (C=O) groups is 1. The number of rotatable bonds is 7. The molecule has 5 rings (SSSR count). The van der Waals surface area contributed by atoms with Gasteiger partial charge in [0.1, 0.15) is 14.0 Å². The van der Waals surface area contributed by atoms with Crippen LogP contribution in [0.2, 0.25) is 10.3 Å². The Morgan fingerprint density at radius 3 is 1.51 bits per heavy atom. The summed E-state index contributed by atoms with van der Waals surface area (Å²) in [6.07, 6.45) is 13.7. The van der Waals surface area contributed by atoms with Gasteiger partial charge in [-0.3, -0.25) is 4.79 Å². The molecule has 0 radical (unpaired) electrons. The summed E-state index contributed by atoms with van der Waals surface area (Å²) in [5.41, 5.74) is -0.300. The molecular formula is C30H34Cl3IN8O2S3. The first-order valence-corrected chi connectivity index (χ1v) is 17.9. The number of aliphatic hydroxyl groups is 1. The number of aromatic nitrogens is 8. The smallest absolute Gasteiger partial charge is 0.255 e. The lowest BCUT2D eigenvalue weighted by Gasteiger charge is -2.28. The summed E-state index contributed by atoms with van der Waals surface area (Å²) >= 11 is 23.4. The van der Waals surface area contributed by atoms with E-state index in [4.69, 9.17) is 34.8 Å². The van der Waals surface area contributed by atoms with Crippen molar-refractivity contribution in [2.75, 3.05) is 18.8 Å². The lowest BCUT2D eigenvalue weighted by molar-refractivity contribution is 0.108. The molecule has 0 aliphatic heterocycles. The topological polar surface area (TPSA) is 140 Å². The fraction of sp³-hybridized carbons (Fsp3) is 0.233. The van der Waals surface area contributed by atoms with Crippen LogP contribution in [0.4, 0.5) is 0 Å². The predicted molar refractivity (Wildman–Crippen MR) is 205 cm³/mol. The van der Waals surface area contributed by atoms with Crippen LogP contribution in [-0.4, -0.2) is 69.0 Å². The van der Waals surface area contributed by atoms with Crippen LogP contribution in [0.1, 0.15) is 49.6 Å². The monoisotopic (exact) mass is 866 g/mol. The summed E-state index contributed by atoms with van der Waals surface area (Å²) in [6, 6.07) is 11.7. The summed E-state index contributed by atoms with van der Waals surface area (Å²) in [6.45, 7) is 0. The molecule has 0 saturated heterocycles. The quantitative estimate of drug-likeness (QED) is 0.0416. The molecule has 0 aromatic carbocycles. The fourth-order valence-corrected chi connectivity index (χ4v) is 5.58. The maximum atomic E-state index is 11.7. The summed E-state index contributed by atoms with van der Waals surface area (Å²) < 4.78 is 0.993. The number of pyridine rings is 2. The molecule has 5 aromatic rings. The maximum absolute atomic E-state index is 11.7. The van der Waals surface area contributed by atoms with E-state index in [9.17, 15) is 9.90 Å². The number of halogens is 4. The van der Waals surface area contributed by atoms with Gasteiger partial charge in [0.15, 0.2) is 21.1 Å². The van der Waals surface area contributed by atoms with Crippen molar-refractivity contribution in [3.8, 4) is 0 Å². The molecule has 5 aromatic heterocycles. The van der Waals surface area contributed by atoms with E-state index in [1.165, 1.54) is 35.8 Å². The lowest BCUT2D eigenvalue weighted by Crippen LogP contribution is -2.32. The van der Waals surface area contributed by atoms with Crippen LogP contribution in [0.15, 0.2) is 88.9 Å². The highest BCUT2D eigenvalue weighted by atomic mass is 127. The molecule has 0 atom stereocenters. The Morgan fingerprint density at radius 2 is 1.13 bits per heavy atom. The van der Waals surface area contributed by atoms with Crippen LogP contribution in [0, 0.1) is 3.70 Å². The molecule has 17 heteroatoms. The minimum absolute atomic E-state index is 0. The maximum Gasteiger partial charge on any atom is 0.255 e. The van der Waals surface area contributed by atoms with Gasteiger partial charge in [-0.05, 0) is 89.4 Å². The van der Waals surface area contributed by atoms with Crippen LogP contribution >= 0.6 is 92.7 Å². The van der Waals surface area contributed by atoms with E-state index >= 15 is 0 Å².